The summed E-state index contributed by atoms with van der Waals surface area (Å²) in [6, 6.07) is 3.96. The number of hydrogen-bond acceptors (Lipinski definition) is 4. The zero-order chi connectivity index (χ0) is 13.0. The van der Waals surface area contributed by atoms with Crippen molar-refractivity contribution < 1.29 is 9.50 Å². The Bertz CT molecular complexity index is 527. The number of halogens is 1. The maximum absolute atomic E-state index is 13.0. The van der Waals surface area contributed by atoms with E-state index in [2.05, 4.69) is 10.3 Å². The highest BCUT2D eigenvalue weighted by atomic mass is 32.1. The van der Waals surface area contributed by atoms with Crippen molar-refractivity contribution in [1.82, 2.24) is 10.3 Å². The van der Waals surface area contributed by atoms with Crippen LogP contribution < -0.4 is 5.32 Å². The summed E-state index contributed by atoms with van der Waals surface area (Å²) in [6.45, 7) is 3.18. The lowest BCUT2D eigenvalue weighted by molar-refractivity contribution is 0.461. The molecule has 3 nitrogen and oxygen atoms in total. The molecule has 2 N–H and O–H groups in total. The monoisotopic (exact) mass is 266 g/mol. The molecule has 0 bridgehead atoms. The molecule has 2 aromatic rings. The lowest BCUT2D eigenvalue weighted by Gasteiger charge is -2.06. The van der Waals surface area contributed by atoms with Crippen molar-refractivity contribution in [1.29, 1.82) is 0 Å². The van der Waals surface area contributed by atoms with E-state index in [4.69, 9.17) is 0 Å². The number of thiazole rings is 1. The SMILES string of the molecule is Cc1nc(CCNCc2cc(F)ccc2O)cs1. The van der Waals surface area contributed by atoms with E-state index in [1.165, 1.54) is 18.2 Å². The molecule has 0 saturated carbocycles. The van der Waals surface area contributed by atoms with Gasteiger partial charge in [-0.2, -0.15) is 0 Å². The van der Waals surface area contributed by atoms with Crippen LogP contribution in [0.4, 0.5) is 4.39 Å². The lowest BCUT2D eigenvalue weighted by Crippen LogP contribution is -2.17. The first-order chi connectivity index (χ1) is 8.65. The Morgan fingerprint density at radius 1 is 1.44 bits per heavy atom. The number of rotatable bonds is 5. The molecule has 0 aliphatic rings. The highest BCUT2D eigenvalue weighted by molar-refractivity contribution is 7.09. The molecule has 0 spiro atoms. The summed E-state index contributed by atoms with van der Waals surface area (Å²) >= 11 is 1.63. The largest absolute Gasteiger partial charge is 0.508 e. The van der Waals surface area contributed by atoms with Gasteiger partial charge in [0, 0.05) is 30.5 Å². The molecule has 0 radical (unpaired) electrons. The molecule has 1 heterocycles. The lowest BCUT2D eigenvalue weighted by atomic mass is 10.2. The highest BCUT2D eigenvalue weighted by Crippen LogP contribution is 2.17. The van der Waals surface area contributed by atoms with Crippen LogP contribution in [0.2, 0.25) is 0 Å². The molecule has 0 unspecified atom stereocenters. The molecule has 0 saturated heterocycles. The Hall–Kier alpha value is -1.46. The van der Waals surface area contributed by atoms with E-state index in [1.807, 2.05) is 12.3 Å². The molecule has 96 valence electrons. The molecule has 0 aliphatic carbocycles. The van der Waals surface area contributed by atoms with Crippen LogP contribution in [0, 0.1) is 12.7 Å². The van der Waals surface area contributed by atoms with Crippen LogP contribution in [-0.4, -0.2) is 16.6 Å². The van der Waals surface area contributed by atoms with Gasteiger partial charge >= 0.3 is 0 Å². The van der Waals surface area contributed by atoms with Crippen molar-refractivity contribution in [3.05, 3.63) is 45.7 Å². The van der Waals surface area contributed by atoms with Crippen molar-refractivity contribution in [3.8, 4) is 5.75 Å². The summed E-state index contributed by atoms with van der Waals surface area (Å²) in [6.07, 6.45) is 0.834. The number of phenols is 1. The Morgan fingerprint density at radius 3 is 3.00 bits per heavy atom. The van der Waals surface area contributed by atoms with Crippen molar-refractivity contribution in [2.45, 2.75) is 19.9 Å². The number of nitrogens with zero attached hydrogens (tertiary/aromatic N) is 1. The Labute approximate surface area is 109 Å². The van der Waals surface area contributed by atoms with Crippen molar-refractivity contribution in [2.24, 2.45) is 0 Å². The zero-order valence-corrected chi connectivity index (χ0v) is 10.9. The van der Waals surface area contributed by atoms with Crippen LogP contribution in [0.3, 0.4) is 0 Å². The number of benzene rings is 1. The van der Waals surface area contributed by atoms with E-state index >= 15 is 0 Å². The Balaban J connectivity index is 1.80. The summed E-state index contributed by atoms with van der Waals surface area (Å²) in [4.78, 5) is 4.36. The fourth-order valence-electron chi connectivity index (χ4n) is 1.66. The van der Waals surface area contributed by atoms with Crippen molar-refractivity contribution in [2.75, 3.05) is 6.54 Å². The quantitative estimate of drug-likeness (QED) is 0.818. The van der Waals surface area contributed by atoms with Crippen LogP contribution in [0.25, 0.3) is 0 Å². The van der Waals surface area contributed by atoms with Gasteiger partial charge < -0.3 is 10.4 Å². The van der Waals surface area contributed by atoms with Gasteiger partial charge in [0.25, 0.3) is 0 Å². The van der Waals surface area contributed by atoms with Gasteiger partial charge in [-0.05, 0) is 25.1 Å². The number of nitrogens with one attached hydrogen (secondary N) is 1. The number of aromatic hydroxyl groups is 1. The predicted octanol–water partition coefficient (Wildman–Crippen LogP) is 2.63. The molecule has 0 atom stereocenters. The van der Waals surface area contributed by atoms with Gasteiger partial charge in [-0.1, -0.05) is 0 Å². The normalized spacial score (nSPS) is 10.8. The van der Waals surface area contributed by atoms with E-state index in [9.17, 15) is 9.50 Å². The molecule has 0 amide bonds. The maximum atomic E-state index is 13.0. The number of aryl methyl sites for hydroxylation is 1. The molecule has 18 heavy (non-hydrogen) atoms. The molecule has 5 heteroatoms. The highest BCUT2D eigenvalue weighted by Gasteiger charge is 2.03. The van der Waals surface area contributed by atoms with Crippen LogP contribution >= 0.6 is 11.3 Å². The first-order valence-electron chi connectivity index (χ1n) is 5.74. The van der Waals surface area contributed by atoms with Gasteiger partial charge in [0.2, 0.25) is 0 Å². The molecular formula is C13H15FN2OS. The van der Waals surface area contributed by atoms with Gasteiger partial charge in [0.1, 0.15) is 11.6 Å². The summed E-state index contributed by atoms with van der Waals surface area (Å²) in [7, 11) is 0. The predicted molar refractivity (Wildman–Crippen MR) is 70.3 cm³/mol. The van der Waals surface area contributed by atoms with E-state index in [0.717, 1.165) is 23.7 Å². The zero-order valence-electron chi connectivity index (χ0n) is 10.1. The van der Waals surface area contributed by atoms with Crippen LogP contribution in [0.1, 0.15) is 16.3 Å². The fourth-order valence-corrected chi connectivity index (χ4v) is 2.31. The molecule has 0 aliphatic heterocycles. The smallest absolute Gasteiger partial charge is 0.123 e. The average molecular weight is 266 g/mol. The fraction of sp³-hybridized carbons (Fsp3) is 0.308. The van der Waals surface area contributed by atoms with Crippen LogP contribution in [0.5, 0.6) is 5.75 Å². The second-order valence-corrected chi connectivity index (χ2v) is 5.12. The molecule has 1 aromatic carbocycles. The Morgan fingerprint density at radius 2 is 2.28 bits per heavy atom. The summed E-state index contributed by atoms with van der Waals surface area (Å²) in [5.41, 5.74) is 1.64. The van der Waals surface area contributed by atoms with E-state index in [-0.39, 0.29) is 11.6 Å². The first kappa shape index (κ1) is 13.0. The number of hydrogen-bond donors (Lipinski definition) is 2. The second kappa shape index (κ2) is 5.93. The average Bonchev–Trinajstić information content (AvgIpc) is 2.75. The van der Waals surface area contributed by atoms with E-state index in [1.54, 1.807) is 11.3 Å². The molecule has 2 rings (SSSR count). The molecule has 1 aromatic heterocycles. The third-order valence-corrected chi connectivity index (χ3v) is 3.40. The van der Waals surface area contributed by atoms with Crippen molar-refractivity contribution in [3.63, 3.8) is 0 Å². The van der Waals surface area contributed by atoms with Crippen LogP contribution in [-0.2, 0) is 13.0 Å². The van der Waals surface area contributed by atoms with Gasteiger partial charge in [0.05, 0.1) is 10.7 Å². The third kappa shape index (κ3) is 3.51. The molecule has 0 fully saturated rings. The topological polar surface area (TPSA) is 45.2 Å². The molecular weight excluding hydrogens is 251 g/mol. The second-order valence-electron chi connectivity index (χ2n) is 4.06. The number of aromatic nitrogens is 1. The summed E-state index contributed by atoms with van der Waals surface area (Å²) in [5.74, 6) is -0.215. The summed E-state index contributed by atoms with van der Waals surface area (Å²) < 4.78 is 13.0. The maximum Gasteiger partial charge on any atom is 0.123 e. The standard InChI is InChI=1S/C13H15FN2OS/c1-9-16-12(8-18-9)4-5-15-7-10-6-11(14)2-3-13(10)17/h2-3,6,8,15,17H,4-5,7H2,1H3. The van der Waals surface area contributed by atoms with Gasteiger partial charge in [-0.25, -0.2) is 9.37 Å². The third-order valence-electron chi connectivity index (χ3n) is 2.58. The Kier molecular flexibility index (Phi) is 4.28. The van der Waals surface area contributed by atoms with E-state index < -0.39 is 0 Å². The summed E-state index contributed by atoms with van der Waals surface area (Å²) in [5, 5.41) is 15.8. The first-order valence-corrected chi connectivity index (χ1v) is 6.62. The van der Waals surface area contributed by atoms with Gasteiger partial charge in [0.15, 0.2) is 0 Å². The van der Waals surface area contributed by atoms with Crippen molar-refractivity contribution >= 4 is 11.3 Å². The van der Waals surface area contributed by atoms with Crippen LogP contribution in [0.15, 0.2) is 23.6 Å². The minimum Gasteiger partial charge on any atom is -0.508 e. The van der Waals surface area contributed by atoms with Gasteiger partial charge in [-0.15, -0.1) is 11.3 Å². The van der Waals surface area contributed by atoms with Gasteiger partial charge in [-0.3, -0.25) is 0 Å². The van der Waals surface area contributed by atoms with E-state index in [0.29, 0.717) is 12.1 Å². The minimum absolute atomic E-state index is 0.119. The minimum atomic E-state index is -0.334. The number of phenolic OH excluding ortho intramolecular Hbond substituents is 1.